The van der Waals surface area contributed by atoms with Crippen molar-refractivity contribution in [2.75, 3.05) is 19.6 Å². The third kappa shape index (κ3) is 4.78. The molecule has 1 heterocycles. The fraction of sp³-hybridized carbons (Fsp3) is 0.600. The molecule has 3 N–H and O–H groups in total. The summed E-state index contributed by atoms with van der Waals surface area (Å²) >= 11 is 0. The van der Waals surface area contributed by atoms with Gasteiger partial charge in [-0.05, 0) is 37.1 Å². The molecule has 118 valence electrons. The van der Waals surface area contributed by atoms with Crippen molar-refractivity contribution in [1.82, 2.24) is 9.62 Å². The Balaban J connectivity index is 2.01. The lowest BCUT2D eigenvalue weighted by Gasteiger charge is -2.32. The van der Waals surface area contributed by atoms with Crippen LogP contribution >= 0.6 is 0 Å². The summed E-state index contributed by atoms with van der Waals surface area (Å²) in [5.41, 5.74) is 7.35. The van der Waals surface area contributed by atoms with E-state index in [0.29, 0.717) is 6.54 Å². The Morgan fingerprint density at radius 2 is 2.05 bits per heavy atom. The van der Waals surface area contributed by atoms with Crippen LogP contribution in [0.15, 0.2) is 24.3 Å². The van der Waals surface area contributed by atoms with Gasteiger partial charge in [-0.2, -0.15) is 0 Å². The highest BCUT2D eigenvalue weighted by molar-refractivity contribution is 7.88. The molecule has 0 spiro atoms. The summed E-state index contributed by atoms with van der Waals surface area (Å²) in [6.07, 6.45) is 1.95. The van der Waals surface area contributed by atoms with E-state index in [9.17, 15) is 8.42 Å². The number of nitrogens with two attached hydrogens (primary N) is 1. The van der Waals surface area contributed by atoms with Crippen molar-refractivity contribution in [3.8, 4) is 0 Å². The lowest BCUT2D eigenvalue weighted by molar-refractivity contribution is 0.211. The maximum atomic E-state index is 12.4. The number of hydrogen-bond donors (Lipinski definition) is 2. The summed E-state index contributed by atoms with van der Waals surface area (Å²) in [4.78, 5) is 2.28. The molecule has 1 aromatic rings. The predicted molar refractivity (Wildman–Crippen MR) is 85.2 cm³/mol. The molecular weight excluding hydrogens is 286 g/mol. The second kappa shape index (κ2) is 7.35. The van der Waals surface area contributed by atoms with E-state index in [1.54, 1.807) is 0 Å². The topological polar surface area (TPSA) is 75.4 Å². The summed E-state index contributed by atoms with van der Waals surface area (Å²) in [7, 11) is -3.33. The summed E-state index contributed by atoms with van der Waals surface area (Å²) in [5, 5.41) is 0. The van der Waals surface area contributed by atoms with Crippen LogP contribution in [0.2, 0.25) is 0 Å². The van der Waals surface area contributed by atoms with Gasteiger partial charge in [-0.25, -0.2) is 13.1 Å². The van der Waals surface area contributed by atoms with Gasteiger partial charge >= 0.3 is 0 Å². The third-order valence-electron chi connectivity index (χ3n) is 3.98. The van der Waals surface area contributed by atoms with Gasteiger partial charge in [0, 0.05) is 19.1 Å². The summed E-state index contributed by atoms with van der Waals surface area (Å²) in [5.74, 6) is 0.00297. The van der Waals surface area contributed by atoms with Crippen molar-refractivity contribution in [3.63, 3.8) is 0 Å². The van der Waals surface area contributed by atoms with E-state index in [2.05, 4.69) is 16.5 Å². The molecule has 0 saturated carbocycles. The lowest BCUT2D eigenvalue weighted by Crippen LogP contribution is -2.47. The molecule has 2 rings (SSSR count). The second-order valence-corrected chi connectivity index (χ2v) is 7.34. The molecule has 0 amide bonds. The Bertz CT molecular complexity index is 560. The summed E-state index contributed by atoms with van der Waals surface area (Å²) < 4.78 is 27.6. The Labute approximate surface area is 127 Å². The van der Waals surface area contributed by atoms with Crippen LogP contribution in [0.25, 0.3) is 0 Å². The zero-order chi connectivity index (χ0) is 15.3. The maximum absolute atomic E-state index is 12.4. The van der Waals surface area contributed by atoms with Crippen LogP contribution in [-0.4, -0.2) is 39.0 Å². The monoisotopic (exact) mass is 311 g/mol. The minimum Gasteiger partial charge on any atom is -0.326 e. The van der Waals surface area contributed by atoms with E-state index in [1.165, 1.54) is 0 Å². The van der Waals surface area contributed by atoms with Gasteiger partial charge in [0.15, 0.2) is 0 Å². The Morgan fingerprint density at radius 3 is 2.71 bits per heavy atom. The van der Waals surface area contributed by atoms with Gasteiger partial charge in [0.2, 0.25) is 10.0 Å². The molecule has 0 aliphatic carbocycles. The van der Waals surface area contributed by atoms with Crippen LogP contribution in [0, 0.1) is 0 Å². The number of hydrogen-bond acceptors (Lipinski definition) is 4. The first-order valence-electron chi connectivity index (χ1n) is 7.53. The molecule has 0 aromatic heterocycles. The molecule has 1 aromatic carbocycles. The van der Waals surface area contributed by atoms with Gasteiger partial charge in [0.1, 0.15) is 0 Å². The largest absolute Gasteiger partial charge is 0.326 e. The number of nitrogens with one attached hydrogen (secondary N) is 1. The molecular formula is C15H25N3O2S. The average molecular weight is 311 g/mol. The van der Waals surface area contributed by atoms with E-state index < -0.39 is 10.0 Å². The molecule has 1 fully saturated rings. The van der Waals surface area contributed by atoms with Gasteiger partial charge in [-0.15, -0.1) is 0 Å². The fourth-order valence-corrected chi connectivity index (χ4v) is 4.31. The molecule has 5 nitrogen and oxygen atoms in total. The Hall–Kier alpha value is -0.950. The number of likely N-dealkylation sites (N-methyl/N-ethyl adjacent to an activating group) is 1. The van der Waals surface area contributed by atoms with E-state index >= 15 is 0 Å². The number of rotatable bonds is 6. The number of benzene rings is 1. The summed E-state index contributed by atoms with van der Waals surface area (Å²) in [6.45, 7) is 5.29. The van der Waals surface area contributed by atoms with E-state index in [1.807, 2.05) is 24.3 Å². The van der Waals surface area contributed by atoms with Crippen LogP contribution in [-0.2, 0) is 22.3 Å². The van der Waals surface area contributed by atoms with Crippen LogP contribution in [0.1, 0.15) is 30.9 Å². The van der Waals surface area contributed by atoms with E-state index in [4.69, 9.17) is 5.73 Å². The highest BCUT2D eigenvalue weighted by Gasteiger charge is 2.24. The SMILES string of the molecule is CCN1CCCC(NS(=O)(=O)Cc2ccccc2CN)C1. The first-order valence-corrected chi connectivity index (χ1v) is 9.18. The molecule has 21 heavy (non-hydrogen) atoms. The standard InChI is InChI=1S/C15H25N3O2S/c1-2-18-9-5-8-15(11-18)17-21(19,20)12-14-7-4-3-6-13(14)10-16/h3-4,6-7,15,17H,2,5,8-12,16H2,1H3. The van der Waals surface area contributed by atoms with Crippen LogP contribution in [0.5, 0.6) is 0 Å². The Kier molecular flexibility index (Phi) is 5.75. The average Bonchev–Trinajstić information content (AvgIpc) is 2.47. The fourth-order valence-electron chi connectivity index (χ4n) is 2.84. The van der Waals surface area contributed by atoms with Crippen LogP contribution in [0.4, 0.5) is 0 Å². The highest BCUT2D eigenvalue weighted by atomic mass is 32.2. The van der Waals surface area contributed by atoms with Crippen molar-refractivity contribution in [2.24, 2.45) is 5.73 Å². The second-order valence-electron chi connectivity index (χ2n) is 5.58. The number of likely N-dealkylation sites (tertiary alicyclic amines) is 1. The van der Waals surface area contributed by atoms with E-state index in [-0.39, 0.29) is 11.8 Å². The third-order valence-corrected chi connectivity index (χ3v) is 5.37. The van der Waals surface area contributed by atoms with Crippen molar-refractivity contribution >= 4 is 10.0 Å². The summed E-state index contributed by atoms with van der Waals surface area (Å²) in [6, 6.07) is 7.47. The molecule has 1 atom stereocenters. The first-order chi connectivity index (χ1) is 10.0. The zero-order valence-corrected chi connectivity index (χ0v) is 13.4. The normalized spacial score (nSPS) is 20.6. The van der Waals surface area contributed by atoms with Gasteiger partial charge in [-0.1, -0.05) is 31.2 Å². The molecule has 1 aliphatic heterocycles. The smallest absolute Gasteiger partial charge is 0.216 e. The minimum absolute atomic E-state index is 0.00297. The quantitative estimate of drug-likeness (QED) is 0.823. The van der Waals surface area contributed by atoms with Crippen molar-refractivity contribution in [1.29, 1.82) is 0 Å². The van der Waals surface area contributed by atoms with Crippen molar-refractivity contribution in [3.05, 3.63) is 35.4 Å². The van der Waals surface area contributed by atoms with Crippen molar-refractivity contribution < 1.29 is 8.42 Å². The molecule has 1 saturated heterocycles. The van der Waals surface area contributed by atoms with Crippen LogP contribution < -0.4 is 10.5 Å². The molecule has 1 unspecified atom stereocenters. The molecule has 6 heteroatoms. The van der Waals surface area contributed by atoms with E-state index in [0.717, 1.165) is 43.6 Å². The minimum atomic E-state index is -3.33. The molecule has 0 bridgehead atoms. The van der Waals surface area contributed by atoms with Gasteiger partial charge in [0.05, 0.1) is 5.75 Å². The number of sulfonamides is 1. The number of nitrogens with zero attached hydrogens (tertiary/aromatic N) is 1. The number of piperidine rings is 1. The zero-order valence-electron chi connectivity index (χ0n) is 12.6. The molecule has 0 radical (unpaired) electrons. The lowest BCUT2D eigenvalue weighted by atomic mass is 10.1. The van der Waals surface area contributed by atoms with Crippen LogP contribution in [0.3, 0.4) is 0 Å². The maximum Gasteiger partial charge on any atom is 0.216 e. The van der Waals surface area contributed by atoms with Gasteiger partial charge in [-0.3, -0.25) is 0 Å². The van der Waals surface area contributed by atoms with Gasteiger partial charge < -0.3 is 10.6 Å². The van der Waals surface area contributed by atoms with Gasteiger partial charge in [0.25, 0.3) is 0 Å². The molecule has 1 aliphatic rings. The predicted octanol–water partition coefficient (Wildman–Crippen LogP) is 1.05. The van der Waals surface area contributed by atoms with Crippen molar-refractivity contribution in [2.45, 2.75) is 38.1 Å². The Morgan fingerprint density at radius 1 is 1.33 bits per heavy atom. The highest BCUT2D eigenvalue weighted by Crippen LogP contribution is 2.14. The first kappa shape index (κ1) is 16.4.